The summed E-state index contributed by atoms with van der Waals surface area (Å²) in [6, 6.07) is 3.63. The number of urea groups is 1. The Labute approximate surface area is 140 Å². The second-order valence-corrected chi connectivity index (χ2v) is 6.84. The van der Waals surface area contributed by atoms with Gasteiger partial charge in [0.1, 0.15) is 0 Å². The number of carbonyl (C=O) groups excluding carboxylic acids is 1. The predicted molar refractivity (Wildman–Crippen MR) is 86.9 cm³/mol. The third-order valence-electron chi connectivity index (χ3n) is 4.97. The molecule has 1 aromatic rings. The van der Waals surface area contributed by atoms with Gasteiger partial charge in [0.15, 0.2) is 11.6 Å². The third kappa shape index (κ3) is 3.95. The van der Waals surface area contributed by atoms with Crippen LogP contribution in [0.4, 0.5) is 19.3 Å². The molecular formula is C17H23F2N3O2. The van der Waals surface area contributed by atoms with E-state index in [1.807, 2.05) is 4.90 Å². The molecule has 1 atom stereocenters. The maximum Gasteiger partial charge on any atom is 0.314 e. The first kappa shape index (κ1) is 17.0. The van der Waals surface area contributed by atoms with Crippen molar-refractivity contribution in [2.24, 2.45) is 5.92 Å². The third-order valence-corrected chi connectivity index (χ3v) is 4.97. The number of nitrogens with zero attached hydrogens (tertiary/aromatic N) is 1. The second kappa shape index (κ2) is 6.93. The molecule has 1 aliphatic heterocycles. The number of amides is 2. The Hall–Kier alpha value is -1.89. The molecule has 1 heterocycles. The van der Waals surface area contributed by atoms with E-state index in [1.165, 1.54) is 6.07 Å². The van der Waals surface area contributed by atoms with Crippen molar-refractivity contribution in [1.82, 2.24) is 10.6 Å². The van der Waals surface area contributed by atoms with Crippen LogP contribution in [0.5, 0.6) is 0 Å². The van der Waals surface area contributed by atoms with Crippen LogP contribution < -0.4 is 15.5 Å². The zero-order valence-corrected chi connectivity index (χ0v) is 13.5. The molecule has 5 nitrogen and oxygen atoms in total. The lowest BCUT2D eigenvalue weighted by Crippen LogP contribution is -2.50. The molecule has 2 fully saturated rings. The van der Waals surface area contributed by atoms with Crippen molar-refractivity contribution in [3.8, 4) is 0 Å². The molecule has 1 saturated heterocycles. The lowest BCUT2D eigenvalue weighted by molar-refractivity contribution is -0.0290. The highest BCUT2D eigenvalue weighted by Gasteiger charge is 2.34. The van der Waals surface area contributed by atoms with Gasteiger partial charge in [-0.25, -0.2) is 13.6 Å². The van der Waals surface area contributed by atoms with Crippen LogP contribution in [0, 0.1) is 17.6 Å². The molecule has 0 spiro atoms. The quantitative estimate of drug-likeness (QED) is 0.769. The van der Waals surface area contributed by atoms with E-state index < -0.39 is 17.2 Å². The average Bonchev–Trinajstić information content (AvgIpc) is 3.00. The summed E-state index contributed by atoms with van der Waals surface area (Å²) in [5.74, 6) is -1.43. The molecule has 0 radical (unpaired) electrons. The van der Waals surface area contributed by atoms with Gasteiger partial charge in [-0.2, -0.15) is 0 Å². The van der Waals surface area contributed by atoms with Crippen LogP contribution in [-0.4, -0.2) is 42.9 Å². The number of carbonyl (C=O) groups is 1. The molecule has 1 saturated carbocycles. The lowest BCUT2D eigenvalue weighted by atomic mass is 9.80. The number of rotatable bonds is 5. The SMILES string of the molecule is O=C(NCC1CCN(c2ccc(F)c(F)c2)C1)NCC1(O)CCC1. The fourth-order valence-corrected chi connectivity index (χ4v) is 3.22. The van der Waals surface area contributed by atoms with Gasteiger partial charge in [0.25, 0.3) is 0 Å². The van der Waals surface area contributed by atoms with Crippen molar-refractivity contribution in [3.05, 3.63) is 29.8 Å². The molecule has 2 aliphatic rings. The molecule has 7 heteroatoms. The summed E-state index contributed by atoms with van der Waals surface area (Å²) in [5.41, 5.74) is -0.0678. The smallest absolute Gasteiger partial charge is 0.314 e. The van der Waals surface area contributed by atoms with Gasteiger partial charge in [-0.05, 0) is 43.7 Å². The van der Waals surface area contributed by atoms with Gasteiger partial charge in [0, 0.05) is 37.9 Å². The average molecular weight is 339 g/mol. The Balaban J connectivity index is 1.41. The first-order valence-corrected chi connectivity index (χ1v) is 8.39. The van der Waals surface area contributed by atoms with Gasteiger partial charge < -0.3 is 20.6 Å². The van der Waals surface area contributed by atoms with Crippen molar-refractivity contribution >= 4 is 11.7 Å². The zero-order valence-electron chi connectivity index (χ0n) is 13.5. The van der Waals surface area contributed by atoms with Gasteiger partial charge in [0.05, 0.1) is 5.60 Å². The highest BCUT2D eigenvalue weighted by molar-refractivity contribution is 5.73. The van der Waals surface area contributed by atoms with Gasteiger partial charge in [-0.3, -0.25) is 0 Å². The van der Waals surface area contributed by atoms with Crippen molar-refractivity contribution < 1.29 is 18.7 Å². The van der Waals surface area contributed by atoms with E-state index in [0.717, 1.165) is 38.3 Å². The molecule has 24 heavy (non-hydrogen) atoms. The summed E-state index contributed by atoms with van der Waals surface area (Å²) in [6.45, 7) is 2.24. The second-order valence-electron chi connectivity index (χ2n) is 6.84. The Kier molecular flexibility index (Phi) is 4.89. The van der Waals surface area contributed by atoms with Crippen LogP contribution >= 0.6 is 0 Å². The molecule has 0 bridgehead atoms. The monoisotopic (exact) mass is 339 g/mol. The van der Waals surface area contributed by atoms with Gasteiger partial charge in [-0.1, -0.05) is 0 Å². The fraction of sp³-hybridized carbons (Fsp3) is 0.588. The molecule has 0 aromatic heterocycles. The van der Waals surface area contributed by atoms with Crippen LogP contribution in [0.2, 0.25) is 0 Å². The Bertz CT molecular complexity index is 607. The number of halogens is 2. The highest BCUT2D eigenvalue weighted by atomic mass is 19.2. The molecular weight excluding hydrogens is 316 g/mol. The summed E-state index contributed by atoms with van der Waals surface area (Å²) in [7, 11) is 0. The largest absolute Gasteiger partial charge is 0.388 e. The van der Waals surface area contributed by atoms with E-state index in [-0.39, 0.29) is 18.5 Å². The van der Waals surface area contributed by atoms with Crippen LogP contribution in [0.1, 0.15) is 25.7 Å². The minimum absolute atomic E-state index is 0.260. The molecule has 132 valence electrons. The summed E-state index contributed by atoms with van der Waals surface area (Å²) in [6.07, 6.45) is 3.35. The van der Waals surface area contributed by atoms with Gasteiger partial charge >= 0.3 is 6.03 Å². The Morgan fingerprint density at radius 1 is 1.29 bits per heavy atom. The maximum atomic E-state index is 13.3. The summed E-state index contributed by atoms with van der Waals surface area (Å²) in [4.78, 5) is 13.8. The number of anilines is 1. The number of benzene rings is 1. The molecule has 1 unspecified atom stereocenters. The minimum Gasteiger partial charge on any atom is -0.388 e. The van der Waals surface area contributed by atoms with Gasteiger partial charge in [-0.15, -0.1) is 0 Å². The summed E-state index contributed by atoms with van der Waals surface area (Å²) in [5, 5.41) is 15.5. The number of hydrogen-bond donors (Lipinski definition) is 3. The summed E-state index contributed by atoms with van der Waals surface area (Å²) < 4.78 is 26.3. The Morgan fingerprint density at radius 3 is 2.75 bits per heavy atom. The number of hydrogen-bond acceptors (Lipinski definition) is 3. The van der Waals surface area contributed by atoms with E-state index >= 15 is 0 Å². The van der Waals surface area contributed by atoms with Crippen LogP contribution in [0.3, 0.4) is 0 Å². The van der Waals surface area contributed by atoms with Crippen molar-refractivity contribution in [2.45, 2.75) is 31.3 Å². The van der Waals surface area contributed by atoms with Crippen molar-refractivity contribution in [3.63, 3.8) is 0 Å². The van der Waals surface area contributed by atoms with Crippen LogP contribution in [0.15, 0.2) is 18.2 Å². The molecule has 3 rings (SSSR count). The lowest BCUT2D eigenvalue weighted by Gasteiger charge is -2.36. The molecule has 2 amide bonds. The van der Waals surface area contributed by atoms with Crippen LogP contribution in [0.25, 0.3) is 0 Å². The van der Waals surface area contributed by atoms with Gasteiger partial charge in [0.2, 0.25) is 0 Å². The van der Waals surface area contributed by atoms with E-state index in [4.69, 9.17) is 0 Å². The Morgan fingerprint density at radius 2 is 2.08 bits per heavy atom. The van der Waals surface area contributed by atoms with E-state index in [9.17, 15) is 18.7 Å². The first-order chi connectivity index (χ1) is 11.5. The number of nitrogens with one attached hydrogen (secondary N) is 2. The minimum atomic E-state index is -0.846. The zero-order chi connectivity index (χ0) is 17.2. The topological polar surface area (TPSA) is 64.6 Å². The van der Waals surface area contributed by atoms with Crippen molar-refractivity contribution in [2.75, 3.05) is 31.1 Å². The first-order valence-electron chi connectivity index (χ1n) is 8.39. The van der Waals surface area contributed by atoms with Crippen LogP contribution in [-0.2, 0) is 0 Å². The van der Waals surface area contributed by atoms with E-state index in [0.29, 0.717) is 18.8 Å². The molecule has 3 N–H and O–H groups in total. The van der Waals surface area contributed by atoms with E-state index in [1.54, 1.807) is 6.07 Å². The fourth-order valence-electron chi connectivity index (χ4n) is 3.22. The molecule has 1 aliphatic carbocycles. The summed E-state index contributed by atoms with van der Waals surface area (Å²) >= 11 is 0. The highest BCUT2D eigenvalue weighted by Crippen LogP contribution is 2.30. The normalized spacial score (nSPS) is 22.1. The number of aliphatic hydroxyl groups is 1. The predicted octanol–water partition coefficient (Wildman–Crippen LogP) is 2.01. The maximum absolute atomic E-state index is 13.3. The molecule has 1 aromatic carbocycles. The van der Waals surface area contributed by atoms with Crippen molar-refractivity contribution in [1.29, 1.82) is 0 Å². The standard InChI is InChI=1S/C17H23F2N3O2/c18-14-3-2-13(8-15(14)19)22-7-4-12(10-22)9-20-16(23)21-11-17(24)5-1-6-17/h2-3,8,12,24H,1,4-7,9-11H2,(H2,20,21,23). The van der Waals surface area contributed by atoms with E-state index in [2.05, 4.69) is 10.6 Å².